The van der Waals surface area contributed by atoms with Crippen LogP contribution in [0, 0.1) is 0 Å². The number of carbonyl (C=O) groups excluding carboxylic acids is 1. The second-order valence-corrected chi connectivity index (χ2v) is 4.41. The molecule has 0 unspecified atom stereocenters. The van der Waals surface area contributed by atoms with E-state index in [0.717, 1.165) is 16.5 Å². The van der Waals surface area contributed by atoms with Gasteiger partial charge < -0.3 is 5.32 Å². The number of nitrogens with zero attached hydrogens (tertiary/aromatic N) is 1. The van der Waals surface area contributed by atoms with Gasteiger partial charge in [-0.25, -0.2) is 4.98 Å². The van der Waals surface area contributed by atoms with Gasteiger partial charge in [0.05, 0.1) is 5.03 Å². The van der Waals surface area contributed by atoms with Gasteiger partial charge in [0.15, 0.2) is 0 Å². The third-order valence-corrected chi connectivity index (χ3v) is 3.19. The Kier molecular flexibility index (Phi) is 4.16. The highest BCUT2D eigenvalue weighted by Gasteiger charge is 1.98. The third-order valence-electron chi connectivity index (χ3n) is 2.19. The van der Waals surface area contributed by atoms with Gasteiger partial charge >= 0.3 is 0 Å². The van der Waals surface area contributed by atoms with Gasteiger partial charge in [-0.05, 0) is 17.7 Å². The monoisotopic (exact) mass is 244 g/mol. The fourth-order valence-electron chi connectivity index (χ4n) is 1.38. The maximum Gasteiger partial charge on any atom is 0.211 e. The second kappa shape index (κ2) is 6.06. The van der Waals surface area contributed by atoms with Gasteiger partial charge in [-0.1, -0.05) is 30.3 Å². The van der Waals surface area contributed by atoms with Crippen molar-refractivity contribution in [3.8, 4) is 0 Å². The molecule has 0 bridgehead atoms. The molecule has 2 aromatic rings. The average molecular weight is 244 g/mol. The molecule has 0 aliphatic carbocycles. The van der Waals surface area contributed by atoms with Gasteiger partial charge in [-0.2, -0.15) is 0 Å². The highest BCUT2D eigenvalue weighted by molar-refractivity contribution is 7.98. The van der Waals surface area contributed by atoms with Crippen molar-refractivity contribution in [2.45, 2.75) is 10.8 Å². The molecule has 1 heterocycles. The lowest BCUT2D eigenvalue weighted by atomic mass is 10.2. The summed E-state index contributed by atoms with van der Waals surface area (Å²) < 4.78 is 0. The SMILES string of the molecule is O=CNc1ccnc(SCc2ccccc2)c1. The number of benzene rings is 1. The normalized spacial score (nSPS) is 9.88. The molecule has 0 saturated carbocycles. The lowest BCUT2D eigenvalue weighted by molar-refractivity contribution is -0.105. The molecular weight excluding hydrogens is 232 g/mol. The van der Waals surface area contributed by atoms with Crippen LogP contribution in [0.2, 0.25) is 0 Å². The Balaban J connectivity index is 1.99. The Morgan fingerprint density at radius 3 is 2.82 bits per heavy atom. The zero-order valence-corrected chi connectivity index (χ0v) is 9.98. The zero-order valence-electron chi connectivity index (χ0n) is 9.17. The maximum atomic E-state index is 10.3. The maximum absolute atomic E-state index is 10.3. The Hall–Kier alpha value is -1.81. The van der Waals surface area contributed by atoms with Crippen molar-refractivity contribution in [3.63, 3.8) is 0 Å². The minimum Gasteiger partial charge on any atom is -0.329 e. The number of aromatic nitrogens is 1. The number of pyridine rings is 1. The second-order valence-electron chi connectivity index (χ2n) is 3.42. The Bertz CT molecular complexity index is 488. The largest absolute Gasteiger partial charge is 0.329 e. The van der Waals surface area contributed by atoms with Gasteiger partial charge in [-0.15, -0.1) is 11.8 Å². The molecular formula is C13H12N2OS. The van der Waals surface area contributed by atoms with E-state index in [1.54, 1.807) is 24.0 Å². The highest BCUT2D eigenvalue weighted by atomic mass is 32.2. The summed E-state index contributed by atoms with van der Waals surface area (Å²) in [5.41, 5.74) is 2.03. The van der Waals surface area contributed by atoms with Crippen LogP contribution in [0.4, 0.5) is 5.69 Å². The van der Waals surface area contributed by atoms with E-state index in [9.17, 15) is 4.79 Å². The van der Waals surface area contributed by atoms with E-state index in [2.05, 4.69) is 22.4 Å². The lowest BCUT2D eigenvalue weighted by Crippen LogP contribution is -1.94. The number of hydrogen-bond acceptors (Lipinski definition) is 3. The molecule has 4 heteroatoms. The van der Waals surface area contributed by atoms with Crippen LogP contribution < -0.4 is 5.32 Å². The van der Waals surface area contributed by atoms with Crippen LogP contribution >= 0.6 is 11.8 Å². The van der Waals surface area contributed by atoms with E-state index in [0.29, 0.717) is 6.41 Å². The van der Waals surface area contributed by atoms with Gasteiger partial charge in [0.1, 0.15) is 0 Å². The minimum absolute atomic E-state index is 0.668. The molecule has 0 fully saturated rings. The average Bonchev–Trinajstić information content (AvgIpc) is 2.39. The van der Waals surface area contributed by atoms with Crippen LogP contribution in [-0.4, -0.2) is 11.4 Å². The molecule has 1 N–H and O–H groups in total. The molecule has 0 aliphatic heterocycles. The molecule has 0 atom stereocenters. The van der Waals surface area contributed by atoms with Crippen LogP contribution in [-0.2, 0) is 10.5 Å². The smallest absolute Gasteiger partial charge is 0.211 e. The summed E-state index contributed by atoms with van der Waals surface area (Å²) in [5.74, 6) is 0.873. The van der Waals surface area contributed by atoms with Crippen molar-refractivity contribution in [1.29, 1.82) is 0 Å². The van der Waals surface area contributed by atoms with Crippen molar-refractivity contribution >= 4 is 23.9 Å². The Labute approximate surface area is 104 Å². The predicted octanol–water partition coefficient (Wildman–Crippen LogP) is 2.94. The molecule has 1 aromatic heterocycles. The van der Waals surface area contributed by atoms with Crippen LogP contribution in [0.25, 0.3) is 0 Å². The number of hydrogen-bond donors (Lipinski definition) is 1. The first-order chi connectivity index (χ1) is 8.38. The standard InChI is InChI=1S/C13H12N2OS/c16-10-15-12-6-7-14-13(8-12)17-9-11-4-2-1-3-5-11/h1-8,10H,9H2,(H,14,15,16). The molecule has 1 aromatic carbocycles. The van der Waals surface area contributed by atoms with E-state index < -0.39 is 0 Å². The van der Waals surface area contributed by atoms with Gasteiger partial charge in [0, 0.05) is 17.6 Å². The number of anilines is 1. The highest BCUT2D eigenvalue weighted by Crippen LogP contribution is 2.22. The number of amides is 1. The van der Waals surface area contributed by atoms with E-state index in [4.69, 9.17) is 0 Å². The topological polar surface area (TPSA) is 42.0 Å². The van der Waals surface area contributed by atoms with Crippen LogP contribution in [0.5, 0.6) is 0 Å². The summed E-state index contributed by atoms with van der Waals surface area (Å²) in [6.07, 6.45) is 2.36. The van der Waals surface area contributed by atoms with Crippen molar-refractivity contribution in [3.05, 3.63) is 54.2 Å². The van der Waals surface area contributed by atoms with E-state index in [1.165, 1.54) is 5.56 Å². The first kappa shape index (κ1) is 11.7. The van der Waals surface area contributed by atoms with Crippen molar-refractivity contribution in [2.75, 3.05) is 5.32 Å². The molecule has 0 aliphatic rings. The molecule has 0 saturated heterocycles. The summed E-state index contributed by atoms with van der Waals surface area (Å²) in [4.78, 5) is 14.6. The third kappa shape index (κ3) is 3.60. The van der Waals surface area contributed by atoms with Crippen molar-refractivity contribution < 1.29 is 4.79 Å². The quantitative estimate of drug-likeness (QED) is 0.649. The van der Waals surface area contributed by atoms with Crippen molar-refractivity contribution in [2.24, 2.45) is 0 Å². The van der Waals surface area contributed by atoms with Gasteiger partial charge in [-0.3, -0.25) is 4.79 Å². The first-order valence-corrected chi connectivity index (χ1v) is 6.20. The molecule has 0 radical (unpaired) electrons. The first-order valence-electron chi connectivity index (χ1n) is 5.21. The van der Waals surface area contributed by atoms with Crippen LogP contribution in [0.1, 0.15) is 5.56 Å². The summed E-state index contributed by atoms with van der Waals surface area (Å²) in [6, 6.07) is 13.8. The van der Waals surface area contributed by atoms with E-state index >= 15 is 0 Å². The van der Waals surface area contributed by atoms with Crippen LogP contribution in [0.15, 0.2) is 53.7 Å². The number of rotatable bonds is 5. The Morgan fingerprint density at radius 1 is 1.24 bits per heavy atom. The Morgan fingerprint density at radius 2 is 2.06 bits per heavy atom. The summed E-state index contributed by atoms with van der Waals surface area (Å²) >= 11 is 1.65. The number of carbonyl (C=O) groups is 1. The summed E-state index contributed by atoms with van der Waals surface area (Å²) in [5, 5.41) is 3.52. The summed E-state index contributed by atoms with van der Waals surface area (Å²) in [7, 11) is 0. The predicted molar refractivity (Wildman–Crippen MR) is 69.9 cm³/mol. The number of thioether (sulfide) groups is 1. The number of nitrogens with one attached hydrogen (secondary N) is 1. The molecule has 3 nitrogen and oxygen atoms in total. The van der Waals surface area contributed by atoms with Crippen LogP contribution in [0.3, 0.4) is 0 Å². The van der Waals surface area contributed by atoms with Crippen molar-refractivity contribution in [1.82, 2.24) is 4.98 Å². The summed E-state index contributed by atoms with van der Waals surface area (Å²) in [6.45, 7) is 0. The molecule has 0 spiro atoms. The van der Waals surface area contributed by atoms with E-state index in [-0.39, 0.29) is 0 Å². The lowest BCUT2D eigenvalue weighted by Gasteiger charge is -2.03. The van der Waals surface area contributed by atoms with E-state index in [1.807, 2.05) is 24.3 Å². The molecule has 2 rings (SSSR count). The molecule has 86 valence electrons. The zero-order chi connectivity index (χ0) is 11.9. The fourth-order valence-corrected chi connectivity index (χ4v) is 2.23. The minimum atomic E-state index is 0.668. The molecule has 1 amide bonds. The van der Waals surface area contributed by atoms with Gasteiger partial charge in [0.2, 0.25) is 6.41 Å². The fraction of sp³-hybridized carbons (Fsp3) is 0.0769. The van der Waals surface area contributed by atoms with Gasteiger partial charge in [0.25, 0.3) is 0 Å². The molecule has 17 heavy (non-hydrogen) atoms.